The summed E-state index contributed by atoms with van der Waals surface area (Å²) < 4.78 is 1.02. The van der Waals surface area contributed by atoms with E-state index >= 15 is 0 Å². The number of amides is 1. The lowest BCUT2D eigenvalue weighted by Crippen LogP contribution is -2.27. The van der Waals surface area contributed by atoms with Crippen molar-refractivity contribution in [2.24, 2.45) is 0 Å². The van der Waals surface area contributed by atoms with Crippen molar-refractivity contribution in [2.45, 2.75) is 11.3 Å². The number of rotatable bonds is 6. The highest BCUT2D eigenvalue weighted by Crippen LogP contribution is 2.26. The minimum atomic E-state index is 0.0460. The van der Waals surface area contributed by atoms with Crippen LogP contribution in [0, 0.1) is 0 Å². The molecule has 0 saturated carbocycles. The smallest absolute Gasteiger partial charge is 0.230 e. The second-order valence-corrected chi connectivity index (χ2v) is 6.75. The highest BCUT2D eigenvalue weighted by molar-refractivity contribution is 9.10. The Labute approximate surface area is 142 Å². The average Bonchev–Trinajstić information content (AvgIpc) is 2.48. The first-order chi connectivity index (χ1) is 10.1. The van der Waals surface area contributed by atoms with Gasteiger partial charge in [0.1, 0.15) is 0 Å². The molecule has 0 unspecified atom stereocenters. The first-order valence-corrected chi connectivity index (χ1v) is 8.69. The van der Waals surface area contributed by atoms with E-state index in [1.165, 1.54) is 11.8 Å². The lowest BCUT2D eigenvalue weighted by Gasteiger charge is -2.06. The van der Waals surface area contributed by atoms with Crippen LogP contribution >= 0.6 is 39.3 Å². The lowest BCUT2D eigenvalue weighted by molar-refractivity contribution is -0.118. The Balaban J connectivity index is 1.70. The second kappa shape index (κ2) is 8.47. The summed E-state index contributed by atoms with van der Waals surface area (Å²) in [5.41, 5.74) is 1.16. The van der Waals surface area contributed by atoms with E-state index < -0.39 is 0 Å². The third-order valence-electron chi connectivity index (χ3n) is 2.84. The lowest BCUT2D eigenvalue weighted by atomic mass is 10.1. The van der Waals surface area contributed by atoms with E-state index in [-0.39, 0.29) is 5.91 Å². The molecule has 2 rings (SSSR count). The summed E-state index contributed by atoms with van der Waals surface area (Å²) in [4.78, 5) is 12.9. The zero-order chi connectivity index (χ0) is 15.1. The van der Waals surface area contributed by atoms with E-state index in [0.717, 1.165) is 26.4 Å². The molecule has 0 aliphatic rings. The Bertz CT molecular complexity index is 603. The molecule has 0 fully saturated rings. The topological polar surface area (TPSA) is 29.1 Å². The molecule has 0 bridgehead atoms. The molecule has 0 heterocycles. The van der Waals surface area contributed by atoms with Crippen LogP contribution in [0.4, 0.5) is 0 Å². The molecule has 0 aromatic heterocycles. The van der Waals surface area contributed by atoms with Gasteiger partial charge in [-0.05, 0) is 52.2 Å². The third kappa shape index (κ3) is 5.73. The normalized spacial score (nSPS) is 10.4. The first-order valence-electron chi connectivity index (χ1n) is 6.53. The Morgan fingerprint density at radius 1 is 1.14 bits per heavy atom. The number of hydrogen-bond acceptors (Lipinski definition) is 2. The number of hydrogen-bond donors (Lipinski definition) is 1. The minimum Gasteiger partial charge on any atom is -0.355 e. The Morgan fingerprint density at radius 2 is 1.86 bits per heavy atom. The monoisotopic (exact) mass is 383 g/mol. The Kier molecular flexibility index (Phi) is 6.61. The van der Waals surface area contributed by atoms with Gasteiger partial charge in [-0.3, -0.25) is 4.79 Å². The maximum absolute atomic E-state index is 11.8. The summed E-state index contributed by atoms with van der Waals surface area (Å²) in [7, 11) is 0. The fourth-order valence-electron chi connectivity index (χ4n) is 1.75. The maximum Gasteiger partial charge on any atom is 0.230 e. The van der Waals surface area contributed by atoms with Crippen LogP contribution in [0.2, 0.25) is 5.02 Å². The molecule has 1 amide bonds. The number of nitrogens with one attached hydrogen (secondary N) is 1. The molecule has 110 valence electrons. The minimum absolute atomic E-state index is 0.0460. The fourth-order valence-corrected chi connectivity index (χ4v) is 3.28. The van der Waals surface area contributed by atoms with Crippen molar-refractivity contribution in [3.05, 3.63) is 63.6 Å². The molecule has 0 saturated heterocycles. The second-order valence-electron chi connectivity index (χ2n) is 4.45. The van der Waals surface area contributed by atoms with Crippen LogP contribution in [0.15, 0.2) is 57.9 Å². The van der Waals surface area contributed by atoms with Crippen LogP contribution in [-0.2, 0) is 11.2 Å². The van der Waals surface area contributed by atoms with Gasteiger partial charge in [-0.2, -0.15) is 0 Å². The zero-order valence-electron chi connectivity index (χ0n) is 11.3. The average molecular weight is 385 g/mol. The van der Waals surface area contributed by atoms with E-state index in [1.54, 1.807) is 0 Å². The van der Waals surface area contributed by atoms with Crippen molar-refractivity contribution in [3.63, 3.8) is 0 Å². The van der Waals surface area contributed by atoms with Crippen molar-refractivity contribution >= 4 is 45.2 Å². The molecular formula is C16H15BrClNOS. The van der Waals surface area contributed by atoms with Gasteiger partial charge < -0.3 is 5.32 Å². The number of halogens is 2. The first kappa shape index (κ1) is 16.4. The molecule has 2 aromatic rings. The van der Waals surface area contributed by atoms with Gasteiger partial charge in [0.15, 0.2) is 0 Å². The van der Waals surface area contributed by atoms with E-state index in [1.807, 2.05) is 48.5 Å². The standard InChI is InChI=1S/C16H15BrClNOS/c17-14-3-1-2-4-15(14)21-11-16(20)19-10-9-12-5-7-13(18)8-6-12/h1-8H,9-11H2,(H,19,20). The highest BCUT2D eigenvalue weighted by atomic mass is 79.9. The van der Waals surface area contributed by atoms with Crippen LogP contribution in [0.25, 0.3) is 0 Å². The summed E-state index contributed by atoms with van der Waals surface area (Å²) >= 11 is 10.8. The quantitative estimate of drug-likeness (QED) is 0.740. The van der Waals surface area contributed by atoms with E-state index in [2.05, 4.69) is 21.2 Å². The molecule has 0 aliphatic carbocycles. The van der Waals surface area contributed by atoms with Crippen molar-refractivity contribution in [1.29, 1.82) is 0 Å². The molecule has 5 heteroatoms. The van der Waals surface area contributed by atoms with Crippen molar-refractivity contribution in [1.82, 2.24) is 5.32 Å². The Morgan fingerprint density at radius 3 is 2.57 bits per heavy atom. The molecule has 2 nitrogen and oxygen atoms in total. The summed E-state index contributed by atoms with van der Waals surface area (Å²) in [6, 6.07) is 15.6. The van der Waals surface area contributed by atoms with Gasteiger partial charge in [0.25, 0.3) is 0 Å². The molecule has 0 spiro atoms. The van der Waals surface area contributed by atoms with Gasteiger partial charge in [0.05, 0.1) is 5.75 Å². The van der Waals surface area contributed by atoms with Crippen molar-refractivity contribution in [2.75, 3.05) is 12.3 Å². The van der Waals surface area contributed by atoms with Gasteiger partial charge in [-0.1, -0.05) is 35.9 Å². The molecule has 0 atom stereocenters. The van der Waals surface area contributed by atoms with Crippen molar-refractivity contribution in [3.8, 4) is 0 Å². The van der Waals surface area contributed by atoms with Crippen LogP contribution < -0.4 is 5.32 Å². The summed E-state index contributed by atoms with van der Waals surface area (Å²) in [6.07, 6.45) is 0.808. The highest BCUT2D eigenvalue weighted by Gasteiger charge is 2.04. The molecule has 0 radical (unpaired) electrons. The summed E-state index contributed by atoms with van der Waals surface area (Å²) in [5.74, 6) is 0.466. The predicted molar refractivity (Wildman–Crippen MR) is 93.0 cm³/mol. The van der Waals surface area contributed by atoms with Crippen LogP contribution in [0.5, 0.6) is 0 Å². The SMILES string of the molecule is O=C(CSc1ccccc1Br)NCCc1ccc(Cl)cc1. The number of benzene rings is 2. The largest absolute Gasteiger partial charge is 0.355 e. The summed E-state index contributed by atoms with van der Waals surface area (Å²) in [6.45, 7) is 0.636. The number of carbonyl (C=O) groups is 1. The van der Waals surface area contributed by atoms with Crippen LogP contribution in [-0.4, -0.2) is 18.2 Å². The van der Waals surface area contributed by atoms with Gasteiger partial charge in [0.2, 0.25) is 5.91 Å². The molecule has 21 heavy (non-hydrogen) atoms. The van der Waals surface area contributed by atoms with Crippen LogP contribution in [0.3, 0.4) is 0 Å². The number of thioether (sulfide) groups is 1. The summed E-state index contributed by atoms with van der Waals surface area (Å²) in [5, 5.41) is 3.66. The van der Waals surface area contributed by atoms with Gasteiger partial charge in [0, 0.05) is 20.9 Å². The number of carbonyl (C=O) groups excluding carboxylic acids is 1. The van der Waals surface area contributed by atoms with E-state index in [9.17, 15) is 4.79 Å². The van der Waals surface area contributed by atoms with Gasteiger partial charge >= 0.3 is 0 Å². The molecule has 0 aliphatic heterocycles. The zero-order valence-corrected chi connectivity index (χ0v) is 14.5. The Hall–Kier alpha value is -0.970. The van der Waals surface area contributed by atoms with Gasteiger partial charge in [-0.25, -0.2) is 0 Å². The maximum atomic E-state index is 11.8. The predicted octanol–water partition coefficient (Wildman–Crippen LogP) is 4.55. The third-order valence-corrected chi connectivity index (χ3v) is 5.12. The molecule has 1 N–H and O–H groups in total. The molecule has 2 aromatic carbocycles. The van der Waals surface area contributed by atoms with Crippen LogP contribution in [0.1, 0.15) is 5.56 Å². The van der Waals surface area contributed by atoms with E-state index in [4.69, 9.17) is 11.6 Å². The fraction of sp³-hybridized carbons (Fsp3) is 0.188. The van der Waals surface area contributed by atoms with Crippen molar-refractivity contribution < 1.29 is 4.79 Å². The molecular weight excluding hydrogens is 370 g/mol. The van der Waals surface area contributed by atoms with Gasteiger partial charge in [-0.15, -0.1) is 11.8 Å². The van der Waals surface area contributed by atoms with E-state index in [0.29, 0.717) is 12.3 Å².